The summed E-state index contributed by atoms with van der Waals surface area (Å²) < 4.78 is 5.49. The Bertz CT molecular complexity index is 685. The van der Waals surface area contributed by atoms with Crippen LogP contribution in [0.5, 0.6) is 0 Å². The fraction of sp³-hybridized carbons (Fsp3) is 0.500. The third-order valence-electron chi connectivity index (χ3n) is 4.74. The predicted molar refractivity (Wildman–Crippen MR) is 91.0 cm³/mol. The van der Waals surface area contributed by atoms with E-state index in [-0.39, 0.29) is 6.04 Å². The smallest absolute Gasteiger partial charge is 0.244 e. The van der Waals surface area contributed by atoms with E-state index in [0.29, 0.717) is 24.2 Å². The van der Waals surface area contributed by atoms with Gasteiger partial charge in [-0.05, 0) is 13.8 Å². The molecule has 3 rings (SSSR count). The molecule has 24 heavy (non-hydrogen) atoms. The number of rotatable bonds is 5. The van der Waals surface area contributed by atoms with E-state index in [1.165, 1.54) is 0 Å². The van der Waals surface area contributed by atoms with Crippen LogP contribution in [0.3, 0.4) is 0 Å². The lowest BCUT2D eigenvalue weighted by Crippen LogP contribution is -2.50. The first-order valence-electron chi connectivity index (χ1n) is 8.43. The van der Waals surface area contributed by atoms with Crippen molar-refractivity contribution in [2.24, 2.45) is 0 Å². The van der Waals surface area contributed by atoms with Gasteiger partial charge in [0.1, 0.15) is 0 Å². The van der Waals surface area contributed by atoms with Crippen molar-refractivity contribution < 1.29 is 4.52 Å². The van der Waals surface area contributed by atoms with Crippen molar-refractivity contribution in [2.45, 2.75) is 32.4 Å². The average Bonchev–Trinajstić information content (AvgIpc) is 3.12. The van der Waals surface area contributed by atoms with Crippen LogP contribution >= 0.6 is 0 Å². The van der Waals surface area contributed by atoms with Crippen molar-refractivity contribution in [3.05, 3.63) is 36.2 Å². The van der Waals surface area contributed by atoms with Gasteiger partial charge in [0.15, 0.2) is 0 Å². The van der Waals surface area contributed by atoms with E-state index in [9.17, 15) is 0 Å². The van der Waals surface area contributed by atoms with E-state index in [1.807, 2.05) is 30.3 Å². The molecule has 1 aliphatic heterocycles. The SMILES string of the molecule is C[C@@H](CC#N)N1CCN([C@@H](C)c2nc(-c3ccccc3)no2)CC1. The second kappa shape index (κ2) is 7.56. The van der Waals surface area contributed by atoms with E-state index < -0.39 is 0 Å². The van der Waals surface area contributed by atoms with Gasteiger partial charge in [-0.2, -0.15) is 10.2 Å². The quantitative estimate of drug-likeness (QED) is 0.842. The molecule has 0 amide bonds. The fourth-order valence-corrected chi connectivity index (χ4v) is 3.09. The Morgan fingerprint density at radius 2 is 1.79 bits per heavy atom. The van der Waals surface area contributed by atoms with Crippen molar-refractivity contribution in [2.75, 3.05) is 26.2 Å². The number of nitriles is 1. The van der Waals surface area contributed by atoms with E-state index in [4.69, 9.17) is 9.78 Å². The number of nitrogens with zero attached hydrogens (tertiary/aromatic N) is 5. The summed E-state index contributed by atoms with van der Waals surface area (Å²) in [6.45, 7) is 8.04. The maximum Gasteiger partial charge on any atom is 0.244 e. The maximum atomic E-state index is 8.84. The van der Waals surface area contributed by atoms with Crippen molar-refractivity contribution in [1.29, 1.82) is 5.26 Å². The molecule has 1 saturated heterocycles. The highest BCUT2D eigenvalue weighted by Gasteiger charge is 2.27. The lowest BCUT2D eigenvalue weighted by atomic mass is 10.1. The van der Waals surface area contributed by atoms with Gasteiger partial charge < -0.3 is 4.52 Å². The number of benzene rings is 1. The normalized spacial score (nSPS) is 18.9. The summed E-state index contributed by atoms with van der Waals surface area (Å²) in [5.74, 6) is 1.30. The van der Waals surface area contributed by atoms with Crippen LogP contribution in [0.4, 0.5) is 0 Å². The second-order valence-electron chi connectivity index (χ2n) is 6.28. The molecule has 1 aliphatic rings. The Morgan fingerprint density at radius 1 is 1.12 bits per heavy atom. The Labute approximate surface area is 142 Å². The second-order valence-corrected chi connectivity index (χ2v) is 6.28. The molecule has 2 atom stereocenters. The summed E-state index contributed by atoms with van der Waals surface area (Å²) in [4.78, 5) is 9.29. The topological polar surface area (TPSA) is 69.2 Å². The van der Waals surface area contributed by atoms with Gasteiger partial charge in [-0.1, -0.05) is 35.5 Å². The van der Waals surface area contributed by atoms with Gasteiger partial charge in [-0.25, -0.2) is 0 Å². The molecule has 0 saturated carbocycles. The third-order valence-corrected chi connectivity index (χ3v) is 4.74. The van der Waals surface area contributed by atoms with Crippen molar-refractivity contribution in [1.82, 2.24) is 19.9 Å². The summed E-state index contributed by atoms with van der Waals surface area (Å²) in [5.41, 5.74) is 0.967. The van der Waals surface area contributed by atoms with Crippen LogP contribution in [0.2, 0.25) is 0 Å². The van der Waals surface area contributed by atoms with Crippen LogP contribution in [-0.2, 0) is 0 Å². The Balaban J connectivity index is 1.61. The van der Waals surface area contributed by atoms with E-state index in [2.05, 4.69) is 39.9 Å². The summed E-state index contributed by atoms with van der Waals surface area (Å²) in [6, 6.07) is 12.5. The predicted octanol–water partition coefficient (Wildman–Crippen LogP) is 2.72. The van der Waals surface area contributed by atoms with Crippen molar-refractivity contribution >= 4 is 0 Å². The van der Waals surface area contributed by atoms with Gasteiger partial charge in [0.25, 0.3) is 0 Å². The van der Waals surface area contributed by atoms with Crippen LogP contribution < -0.4 is 0 Å². The van der Waals surface area contributed by atoms with Crippen LogP contribution in [0.1, 0.15) is 32.2 Å². The summed E-state index contributed by atoms with van der Waals surface area (Å²) in [6.07, 6.45) is 0.583. The number of piperazine rings is 1. The molecule has 6 nitrogen and oxygen atoms in total. The minimum atomic E-state index is 0.100. The first kappa shape index (κ1) is 16.6. The fourth-order valence-electron chi connectivity index (χ4n) is 3.09. The van der Waals surface area contributed by atoms with E-state index >= 15 is 0 Å². The summed E-state index contributed by atoms with van der Waals surface area (Å²) in [5, 5.41) is 12.9. The molecule has 0 spiro atoms. The molecule has 1 fully saturated rings. The molecule has 0 radical (unpaired) electrons. The van der Waals surface area contributed by atoms with E-state index in [0.717, 1.165) is 31.7 Å². The van der Waals surface area contributed by atoms with Gasteiger partial charge in [-0.15, -0.1) is 0 Å². The molecule has 0 N–H and O–H groups in total. The molecule has 1 aromatic heterocycles. The zero-order chi connectivity index (χ0) is 16.9. The van der Waals surface area contributed by atoms with Crippen LogP contribution in [0, 0.1) is 11.3 Å². The molecule has 0 aliphatic carbocycles. The highest BCUT2D eigenvalue weighted by Crippen LogP contribution is 2.23. The highest BCUT2D eigenvalue weighted by atomic mass is 16.5. The average molecular weight is 325 g/mol. The monoisotopic (exact) mass is 325 g/mol. The van der Waals surface area contributed by atoms with Gasteiger partial charge >= 0.3 is 0 Å². The maximum absolute atomic E-state index is 8.84. The Hall–Kier alpha value is -2.23. The zero-order valence-electron chi connectivity index (χ0n) is 14.2. The van der Waals surface area contributed by atoms with Crippen LogP contribution in [0.25, 0.3) is 11.4 Å². The first-order valence-corrected chi connectivity index (χ1v) is 8.43. The first-order chi connectivity index (χ1) is 11.7. The third kappa shape index (κ3) is 3.64. The van der Waals surface area contributed by atoms with Gasteiger partial charge in [0, 0.05) is 37.8 Å². The molecule has 0 bridgehead atoms. The molecular weight excluding hydrogens is 302 g/mol. The summed E-state index contributed by atoms with van der Waals surface area (Å²) in [7, 11) is 0. The number of aromatic nitrogens is 2. The molecule has 126 valence electrons. The van der Waals surface area contributed by atoms with Gasteiger partial charge in [-0.3, -0.25) is 9.80 Å². The van der Waals surface area contributed by atoms with Gasteiger partial charge in [0.05, 0.1) is 18.5 Å². The summed E-state index contributed by atoms with van der Waals surface area (Å²) >= 11 is 0. The Morgan fingerprint density at radius 3 is 2.46 bits per heavy atom. The van der Waals surface area contributed by atoms with Crippen molar-refractivity contribution in [3.8, 4) is 17.5 Å². The molecule has 2 aromatic rings. The van der Waals surface area contributed by atoms with E-state index in [1.54, 1.807) is 0 Å². The zero-order valence-corrected chi connectivity index (χ0v) is 14.2. The largest absolute Gasteiger partial charge is 0.337 e. The van der Waals surface area contributed by atoms with Crippen molar-refractivity contribution in [3.63, 3.8) is 0 Å². The molecular formula is C18H23N5O. The van der Waals surface area contributed by atoms with Gasteiger partial charge in [0.2, 0.25) is 11.7 Å². The molecule has 2 heterocycles. The van der Waals surface area contributed by atoms with Crippen LogP contribution in [-0.4, -0.2) is 52.2 Å². The minimum absolute atomic E-state index is 0.100. The lowest BCUT2D eigenvalue weighted by Gasteiger charge is -2.39. The number of hydrogen-bond acceptors (Lipinski definition) is 6. The standard InChI is InChI=1S/C18H23N5O/c1-14(8-9-19)22-10-12-23(13-11-22)15(2)18-20-17(21-24-18)16-6-4-3-5-7-16/h3-7,14-15H,8,10-13H2,1-2H3/t14-,15-/m0/s1. The Kier molecular flexibility index (Phi) is 5.24. The molecule has 0 unspecified atom stereocenters. The highest BCUT2D eigenvalue weighted by molar-refractivity contribution is 5.53. The minimum Gasteiger partial charge on any atom is -0.337 e. The lowest BCUT2D eigenvalue weighted by molar-refractivity contribution is 0.0690. The number of hydrogen-bond donors (Lipinski definition) is 0. The molecule has 6 heteroatoms. The van der Waals surface area contributed by atoms with Crippen LogP contribution in [0.15, 0.2) is 34.9 Å². The molecule has 1 aromatic carbocycles.